The second-order valence-electron chi connectivity index (χ2n) is 11.7. The lowest BCUT2D eigenvalue weighted by atomic mass is 9.47. The van der Waals surface area contributed by atoms with Crippen LogP contribution in [0.4, 0.5) is 0 Å². The van der Waals surface area contributed by atoms with Gasteiger partial charge in [-0.2, -0.15) is 0 Å². The Balaban J connectivity index is 1.38. The molecular weight excluding hydrogens is 372 g/mol. The Kier molecular flexibility index (Phi) is 6.97. The predicted molar refractivity (Wildman–Crippen MR) is 125 cm³/mol. The summed E-state index contributed by atoms with van der Waals surface area (Å²) in [5.41, 5.74) is 0. The van der Waals surface area contributed by atoms with Crippen LogP contribution < -0.4 is 0 Å². The van der Waals surface area contributed by atoms with Crippen molar-refractivity contribution in [1.29, 1.82) is 0 Å². The molecule has 164 valence electrons. The SMILES string of the molecule is ClC1CCC(/C=C/C2C3CCCCC3C(C3CCCCC3)C3CCCCC23)CC1. The van der Waals surface area contributed by atoms with Gasteiger partial charge in [0.25, 0.3) is 0 Å². The van der Waals surface area contributed by atoms with Crippen LogP contribution in [0.1, 0.15) is 109 Å². The molecule has 0 spiro atoms. The largest absolute Gasteiger partial charge is 0.123 e. The highest BCUT2D eigenvalue weighted by atomic mass is 35.5. The molecule has 0 saturated heterocycles. The van der Waals surface area contributed by atoms with Gasteiger partial charge in [0.2, 0.25) is 0 Å². The summed E-state index contributed by atoms with van der Waals surface area (Å²) >= 11 is 6.38. The number of fused-ring (bicyclic) bond motifs is 2. The molecule has 0 aromatic heterocycles. The minimum Gasteiger partial charge on any atom is -0.123 e. The van der Waals surface area contributed by atoms with Crippen LogP contribution in [-0.4, -0.2) is 5.38 Å². The lowest BCUT2D eigenvalue weighted by Gasteiger charge is -2.57. The molecule has 0 aromatic rings. The van der Waals surface area contributed by atoms with Crippen molar-refractivity contribution >= 4 is 11.6 Å². The molecule has 1 heteroatoms. The lowest BCUT2D eigenvalue weighted by Crippen LogP contribution is -2.50. The molecule has 0 nitrogen and oxygen atoms in total. The maximum atomic E-state index is 6.38. The molecule has 5 saturated carbocycles. The zero-order valence-electron chi connectivity index (χ0n) is 18.7. The summed E-state index contributed by atoms with van der Waals surface area (Å²) in [5, 5.41) is 0.455. The van der Waals surface area contributed by atoms with E-state index in [0.29, 0.717) is 5.38 Å². The molecule has 29 heavy (non-hydrogen) atoms. The Morgan fingerprint density at radius 1 is 0.483 bits per heavy atom. The zero-order chi connectivity index (χ0) is 19.6. The highest BCUT2D eigenvalue weighted by molar-refractivity contribution is 6.20. The van der Waals surface area contributed by atoms with Gasteiger partial charge in [-0.1, -0.05) is 69.9 Å². The Bertz CT molecular complexity index is 515. The average Bonchev–Trinajstić information content (AvgIpc) is 2.78. The number of rotatable bonds is 3. The fourth-order valence-electron chi connectivity index (χ4n) is 8.98. The molecule has 5 aliphatic carbocycles. The van der Waals surface area contributed by atoms with Gasteiger partial charge in [-0.05, 0) is 98.7 Å². The Morgan fingerprint density at radius 2 is 1.00 bits per heavy atom. The first kappa shape index (κ1) is 20.9. The number of allylic oxidation sites excluding steroid dienone is 2. The van der Waals surface area contributed by atoms with Gasteiger partial charge in [-0.3, -0.25) is 0 Å². The number of hydrogen-bond acceptors (Lipinski definition) is 0. The normalized spacial score (nSPS) is 46.9. The highest BCUT2D eigenvalue weighted by Crippen LogP contribution is 2.59. The fraction of sp³-hybridized carbons (Fsp3) is 0.929. The summed E-state index contributed by atoms with van der Waals surface area (Å²) < 4.78 is 0. The number of hydrogen-bond donors (Lipinski definition) is 0. The molecule has 4 atom stereocenters. The summed E-state index contributed by atoms with van der Waals surface area (Å²) in [6.45, 7) is 0. The zero-order valence-corrected chi connectivity index (χ0v) is 19.5. The van der Waals surface area contributed by atoms with Gasteiger partial charge in [0.1, 0.15) is 0 Å². The molecule has 5 aliphatic rings. The van der Waals surface area contributed by atoms with Gasteiger partial charge < -0.3 is 0 Å². The first-order valence-corrected chi connectivity index (χ1v) is 14.1. The van der Waals surface area contributed by atoms with E-state index in [1.54, 1.807) is 38.5 Å². The van der Waals surface area contributed by atoms with E-state index in [4.69, 9.17) is 11.6 Å². The highest BCUT2D eigenvalue weighted by Gasteiger charge is 2.52. The quantitative estimate of drug-likeness (QED) is 0.318. The standard InChI is InChI=1S/C28H45Cl/c29-22-17-14-20(15-18-22)16-19-25-23-10-4-6-12-26(23)28(21-8-2-1-3-9-21)27-13-7-5-11-24(25)27/h16,19-28H,1-15,17-18H2/b19-16+. The molecule has 0 N–H and O–H groups in total. The summed E-state index contributed by atoms with van der Waals surface area (Å²) in [6, 6.07) is 0. The third kappa shape index (κ3) is 4.49. The second-order valence-corrected chi connectivity index (χ2v) is 12.3. The Hall–Kier alpha value is 0.0300. The van der Waals surface area contributed by atoms with Gasteiger partial charge in [-0.25, -0.2) is 0 Å². The maximum absolute atomic E-state index is 6.38. The molecule has 0 bridgehead atoms. The van der Waals surface area contributed by atoms with Gasteiger partial charge >= 0.3 is 0 Å². The van der Waals surface area contributed by atoms with Crippen LogP contribution >= 0.6 is 11.6 Å². The minimum absolute atomic E-state index is 0.455. The fourth-order valence-corrected chi connectivity index (χ4v) is 9.24. The van der Waals surface area contributed by atoms with Crippen LogP contribution in [0.5, 0.6) is 0 Å². The van der Waals surface area contributed by atoms with Crippen LogP contribution in [0.2, 0.25) is 0 Å². The van der Waals surface area contributed by atoms with Crippen LogP contribution in [0, 0.1) is 47.3 Å². The van der Waals surface area contributed by atoms with Crippen molar-refractivity contribution in [3.8, 4) is 0 Å². The van der Waals surface area contributed by atoms with Gasteiger partial charge in [0, 0.05) is 5.38 Å². The van der Waals surface area contributed by atoms with E-state index in [2.05, 4.69) is 12.2 Å². The smallest absolute Gasteiger partial charge is 0.0336 e. The summed E-state index contributed by atoms with van der Waals surface area (Å²) in [4.78, 5) is 0. The maximum Gasteiger partial charge on any atom is 0.0336 e. The van der Waals surface area contributed by atoms with E-state index in [1.165, 1.54) is 70.6 Å². The van der Waals surface area contributed by atoms with Gasteiger partial charge in [0.15, 0.2) is 0 Å². The molecule has 0 heterocycles. The van der Waals surface area contributed by atoms with Crippen molar-refractivity contribution in [2.45, 2.75) is 115 Å². The van der Waals surface area contributed by atoms with E-state index in [1.807, 2.05) is 0 Å². The third-order valence-electron chi connectivity index (χ3n) is 10.2. The Morgan fingerprint density at radius 3 is 1.59 bits per heavy atom. The van der Waals surface area contributed by atoms with E-state index >= 15 is 0 Å². The summed E-state index contributed by atoms with van der Waals surface area (Å²) in [7, 11) is 0. The van der Waals surface area contributed by atoms with Crippen molar-refractivity contribution in [2.24, 2.45) is 47.3 Å². The predicted octanol–water partition coefficient (Wildman–Crippen LogP) is 8.78. The molecule has 4 unspecified atom stereocenters. The lowest BCUT2D eigenvalue weighted by molar-refractivity contribution is -0.0745. The topological polar surface area (TPSA) is 0 Å². The monoisotopic (exact) mass is 416 g/mol. The third-order valence-corrected chi connectivity index (χ3v) is 10.7. The summed E-state index contributed by atoms with van der Waals surface area (Å²) in [6.07, 6.45) is 30.7. The van der Waals surface area contributed by atoms with Gasteiger partial charge in [0.05, 0.1) is 0 Å². The van der Waals surface area contributed by atoms with Crippen LogP contribution in [0.25, 0.3) is 0 Å². The van der Waals surface area contributed by atoms with Crippen molar-refractivity contribution in [2.75, 3.05) is 0 Å². The molecular formula is C28H45Cl. The Labute approximate surface area is 185 Å². The molecule has 0 amide bonds. The average molecular weight is 417 g/mol. The summed E-state index contributed by atoms with van der Waals surface area (Å²) in [5.74, 6) is 8.11. The molecule has 0 aromatic carbocycles. The second kappa shape index (κ2) is 9.67. The minimum atomic E-state index is 0.455. The van der Waals surface area contributed by atoms with Crippen molar-refractivity contribution < 1.29 is 0 Å². The van der Waals surface area contributed by atoms with Crippen molar-refractivity contribution in [1.82, 2.24) is 0 Å². The molecule has 5 rings (SSSR count). The van der Waals surface area contributed by atoms with Crippen LogP contribution in [0.15, 0.2) is 12.2 Å². The molecule has 0 aliphatic heterocycles. The van der Waals surface area contributed by atoms with E-state index in [9.17, 15) is 0 Å². The molecule has 5 fully saturated rings. The van der Waals surface area contributed by atoms with E-state index in [0.717, 1.165) is 47.3 Å². The van der Waals surface area contributed by atoms with Crippen LogP contribution in [0.3, 0.4) is 0 Å². The van der Waals surface area contributed by atoms with Crippen molar-refractivity contribution in [3.05, 3.63) is 12.2 Å². The first-order valence-electron chi connectivity index (χ1n) is 13.6. The van der Waals surface area contributed by atoms with E-state index < -0.39 is 0 Å². The van der Waals surface area contributed by atoms with Crippen molar-refractivity contribution in [3.63, 3.8) is 0 Å². The molecule has 0 radical (unpaired) electrons. The number of halogens is 1. The van der Waals surface area contributed by atoms with Gasteiger partial charge in [-0.15, -0.1) is 11.6 Å². The van der Waals surface area contributed by atoms with Crippen LogP contribution in [-0.2, 0) is 0 Å². The number of alkyl halides is 1. The first-order chi connectivity index (χ1) is 14.3. The van der Waals surface area contributed by atoms with E-state index in [-0.39, 0.29) is 0 Å².